The molecule has 1 aliphatic carbocycles. The quantitative estimate of drug-likeness (QED) is 0.732. The Morgan fingerprint density at radius 1 is 1.29 bits per heavy atom. The van der Waals surface area contributed by atoms with E-state index in [1.807, 2.05) is 0 Å². The predicted octanol–water partition coefficient (Wildman–Crippen LogP) is 5.16. The number of benzene rings is 1. The van der Waals surface area contributed by atoms with E-state index in [-0.39, 0.29) is 16.9 Å². The standard InChI is InChI=1S/C18H16Cl2N2OS/c1-18(2)6-12(23)15-13(7-18)24-17(9(8-21)16(15)22)14-10(19)4-3-5-11(14)20/h3-5,17H,6-7,22H2,1-2H3/t17-/m0/s1. The molecule has 0 spiro atoms. The van der Waals surface area contributed by atoms with Gasteiger partial charge < -0.3 is 5.73 Å². The van der Waals surface area contributed by atoms with Crippen molar-refractivity contribution < 1.29 is 4.79 Å². The minimum Gasteiger partial charge on any atom is -0.397 e. The first-order valence-corrected chi connectivity index (χ1v) is 9.16. The van der Waals surface area contributed by atoms with Crippen molar-refractivity contribution in [2.45, 2.75) is 31.9 Å². The highest BCUT2D eigenvalue weighted by Crippen LogP contribution is 2.55. The number of allylic oxidation sites excluding steroid dienone is 2. The highest BCUT2D eigenvalue weighted by atomic mass is 35.5. The highest BCUT2D eigenvalue weighted by Gasteiger charge is 2.41. The smallest absolute Gasteiger partial charge is 0.166 e. The number of nitrogens with zero attached hydrogens (tertiary/aromatic N) is 1. The maximum Gasteiger partial charge on any atom is 0.166 e. The van der Waals surface area contributed by atoms with Crippen LogP contribution in [0.3, 0.4) is 0 Å². The van der Waals surface area contributed by atoms with Gasteiger partial charge >= 0.3 is 0 Å². The molecule has 2 N–H and O–H groups in total. The van der Waals surface area contributed by atoms with Crippen molar-refractivity contribution >= 4 is 40.7 Å². The van der Waals surface area contributed by atoms with Gasteiger partial charge in [-0.25, -0.2) is 0 Å². The van der Waals surface area contributed by atoms with Crippen LogP contribution in [0, 0.1) is 16.7 Å². The Labute approximate surface area is 155 Å². The molecule has 0 saturated carbocycles. The van der Waals surface area contributed by atoms with Crippen molar-refractivity contribution in [2.75, 3.05) is 0 Å². The molecule has 0 saturated heterocycles. The fourth-order valence-electron chi connectivity index (χ4n) is 3.23. The first-order chi connectivity index (χ1) is 11.2. The Kier molecular flexibility index (Phi) is 4.46. The summed E-state index contributed by atoms with van der Waals surface area (Å²) in [7, 11) is 0. The average molecular weight is 379 g/mol. The highest BCUT2D eigenvalue weighted by molar-refractivity contribution is 8.03. The van der Waals surface area contributed by atoms with Crippen LogP contribution in [0.15, 0.2) is 39.9 Å². The fraction of sp³-hybridized carbons (Fsp3) is 0.333. The average Bonchev–Trinajstić information content (AvgIpc) is 2.45. The maximum atomic E-state index is 12.5. The topological polar surface area (TPSA) is 66.9 Å². The predicted molar refractivity (Wildman–Crippen MR) is 98.7 cm³/mol. The second-order valence-corrected chi connectivity index (χ2v) is 8.83. The van der Waals surface area contributed by atoms with Gasteiger partial charge in [-0.2, -0.15) is 5.26 Å². The Hall–Kier alpha value is -1.41. The van der Waals surface area contributed by atoms with Crippen LogP contribution in [0.25, 0.3) is 0 Å². The Bertz CT molecular complexity index is 829. The fourth-order valence-corrected chi connectivity index (χ4v) is 5.74. The molecule has 0 radical (unpaired) electrons. The lowest BCUT2D eigenvalue weighted by Crippen LogP contribution is -2.30. The van der Waals surface area contributed by atoms with E-state index in [1.165, 1.54) is 11.8 Å². The van der Waals surface area contributed by atoms with E-state index in [4.69, 9.17) is 28.9 Å². The zero-order valence-corrected chi connectivity index (χ0v) is 15.6. The van der Waals surface area contributed by atoms with Gasteiger partial charge in [0.25, 0.3) is 0 Å². The summed E-state index contributed by atoms with van der Waals surface area (Å²) in [6.07, 6.45) is 1.18. The van der Waals surface area contributed by atoms with E-state index in [0.29, 0.717) is 33.2 Å². The van der Waals surface area contributed by atoms with E-state index in [0.717, 1.165) is 11.3 Å². The molecule has 24 heavy (non-hydrogen) atoms. The lowest BCUT2D eigenvalue weighted by atomic mass is 9.76. The van der Waals surface area contributed by atoms with Gasteiger partial charge in [0.1, 0.15) is 0 Å². The Balaban J connectivity index is 2.17. The molecule has 1 aromatic carbocycles. The zero-order chi connectivity index (χ0) is 17.6. The van der Waals surface area contributed by atoms with Crippen LogP contribution in [0.4, 0.5) is 0 Å². The van der Waals surface area contributed by atoms with E-state index in [1.54, 1.807) is 18.2 Å². The molecule has 3 rings (SSSR count). The third-order valence-electron chi connectivity index (χ3n) is 4.30. The third-order valence-corrected chi connectivity index (χ3v) is 6.30. The largest absolute Gasteiger partial charge is 0.397 e. The number of carbonyl (C=O) groups is 1. The molecule has 1 aliphatic heterocycles. The summed E-state index contributed by atoms with van der Waals surface area (Å²) in [5, 5.41) is 10.2. The number of ketones is 1. The minimum absolute atomic E-state index is 0.00251. The van der Waals surface area contributed by atoms with Crippen LogP contribution >= 0.6 is 35.0 Å². The molecule has 124 valence electrons. The van der Waals surface area contributed by atoms with Crippen molar-refractivity contribution in [2.24, 2.45) is 11.1 Å². The third kappa shape index (κ3) is 2.86. The second kappa shape index (κ2) is 6.15. The van der Waals surface area contributed by atoms with Gasteiger partial charge in [-0.15, -0.1) is 11.8 Å². The monoisotopic (exact) mass is 378 g/mol. The summed E-state index contributed by atoms with van der Waals surface area (Å²) in [6.45, 7) is 4.12. The van der Waals surface area contributed by atoms with Gasteiger partial charge in [-0.3, -0.25) is 4.79 Å². The summed E-state index contributed by atoms with van der Waals surface area (Å²) in [5.41, 5.74) is 7.91. The van der Waals surface area contributed by atoms with Gasteiger partial charge in [0.15, 0.2) is 5.78 Å². The molecule has 0 fully saturated rings. The van der Waals surface area contributed by atoms with Crippen LogP contribution in [-0.4, -0.2) is 5.78 Å². The summed E-state index contributed by atoms with van der Waals surface area (Å²) < 4.78 is 0. The number of thioether (sulfide) groups is 1. The van der Waals surface area contributed by atoms with Gasteiger partial charge in [-0.05, 0) is 28.9 Å². The number of nitrogens with two attached hydrogens (primary N) is 1. The SMILES string of the molecule is CC1(C)CC(=O)C2=C(C1)S[C@H](c1c(Cl)cccc1Cl)C(C#N)=C2N. The molecular formula is C18H16Cl2N2OS. The number of halogens is 2. The van der Waals surface area contributed by atoms with E-state index in [2.05, 4.69) is 19.9 Å². The molecule has 6 heteroatoms. The Morgan fingerprint density at radius 2 is 1.92 bits per heavy atom. The molecule has 1 aromatic rings. The molecule has 2 aliphatic rings. The number of nitriles is 1. The molecule has 3 nitrogen and oxygen atoms in total. The normalized spacial score (nSPS) is 23.1. The minimum atomic E-state index is -0.392. The van der Waals surface area contributed by atoms with Crippen molar-refractivity contribution in [1.29, 1.82) is 5.26 Å². The number of hydrogen-bond acceptors (Lipinski definition) is 4. The van der Waals surface area contributed by atoms with Crippen LogP contribution in [-0.2, 0) is 4.79 Å². The van der Waals surface area contributed by atoms with Gasteiger partial charge in [0.05, 0.1) is 28.2 Å². The van der Waals surface area contributed by atoms with Crippen LogP contribution < -0.4 is 5.73 Å². The first kappa shape index (κ1) is 17.4. The Morgan fingerprint density at radius 3 is 2.50 bits per heavy atom. The molecular weight excluding hydrogens is 363 g/mol. The molecule has 0 bridgehead atoms. The van der Waals surface area contributed by atoms with Crippen molar-refractivity contribution in [1.82, 2.24) is 0 Å². The molecule has 1 atom stereocenters. The summed E-state index contributed by atoms with van der Waals surface area (Å²) >= 11 is 14.1. The van der Waals surface area contributed by atoms with Crippen molar-refractivity contribution in [3.8, 4) is 6.07 Å². The summed E-state index contributed by atoms with van der Waals surface area (Å²) in [4.78, 5) is 13.5. The number of Topliss-reactive ketones (excluding diaryl/α,β-unsaturated/α-hetero) is 1. The van der Waals surface area contributed by atoms with Crippen molar-refractivity contribution in [3.05, 3.63) is 55.6 Å². The molecule has 1 heterocycles. The number of hydrogen-bond donors (Lipinski definition) is 1. The number of rotatable bonds is 1. The van der Waals surface area contributed by atoms with E-state index in [9.17, 15) is 10.1 Å². The maximum absolute atomic E-state index is 12.5. The van der Waals surface area contributed by atoms with Crippen molar-refractivity contribution in [3.63, 3.8) is 0 Å². The molecule has 0 unspecified atom stereocenters. The molecule has 0 aromatic heterocycles. The number of carbonyl (C=O) groups excluding carboxylic acids is 1. The molecule has 0 amide bonds. The van der Waals surface area contributed by atoms with Crippen LogP contribution in [0.2, 0.25) is 10.0 Å². The first-order valence-electron chi connectivity index (χ1n) is 7.52. The van der Waals surface area contributed by atoms with Gasteiger partial charge in [-0.1, -0.05) is 43.1 Å². The second-order valence-electron chi connectivity index (χ2n) is 6.81. The van der Waals surface area contributed by atoms with Crippen LogP contribution in [0.1, 0.15) is 37.5 Å². The lowest BCUT2D eigenvalue weighted by molar-refractivity contribution is -0.117. The van der Waals surface area contributed by atoms with Gasteiger partial charge in [0, 0.05) is 22.0 Å². The van der Waals surface area contributed by atoms with Crippen LogP contribution in [0.5, 0.6) is 0 Å². The summed E-state index contributed by atoms with van der Waals surface area (Å²) in [5.74, 6) is 0.00251. The van der Waals surface area contributed by atoms with E-state index >= 15 is 0 Å². The van der Waals surface area contributed by atoms with Gasteiger partial charge in [0.2, 0.25) is 0 Å². The zero-order valence-electron chi connectivity index (χ0n) is 13.3. The summed E-state index contributed by atoms with van der Waals surface area (Å²) in [6, 6.07) is 7.41. The lowest BCUT2D eigenvalue weighted by Gasteiger charge is -2.36. The van der Waals surface area contributed by atoms with E-state index < -0.39 is 5.25 Å².